The summed E-state index contributed by atoms with van der Waals surface area (Å²) < 4.78 is 0.940. The molecule has 2 N–H and O–H groups in total. The van der Waals surface area contributed by atoms with Gasteiger partial charge in [0.2, 0.25) is 0 Å². The Balaban J connectivity index is 1.94. The predicted octanol–water partition coefficient (Wildman–Crippen LogP) is 3.72. The third-order valence-electron chi connectivity index (χ3n) is 3.54. The predicted molar refractivity (Wildman–Crippen MR) is 86.5 cm³/mol. The molecule has 1 aliphatic rings. The summed E-state index contributed by atoms with van der Waals surface area (Å²) in [5.41, 5.74) is 0.769. The molecule has 4 nitrogen and oxygen atoms in total. The quantitative estimate of drug-likeness (QED) is 0.644. The molecular formula is C16H18BrN3O. The van der Waals surface area contributed by atoms with Crippen molar-refractivity contribution in [3.8, 4) is 6.07 Å². The van der Waals surface area contributed by atoms with E-state index in [1.807, 2.05) is 18.2 Å². The van der Waals surface area contributed by atoms with Gasteiger partial charge < -0.3 is 10.6 Å². The van der Waals surface area contributed by atoms with Gasteiger partial charge in [-0.3, -0.25) is 4.79 Å². The summed E-state index contributed by atoms with van der Waals surface area (Å²) in [4.78, 5) is 12.0. The summed E-state index contributed by atoms with van der Waals surface area (Å²) in [6, 6.07) is 9.57. The van der Waals surface area contributed by atoms with E-state index < -0.39 is 0 Å². The van der Waals surface area contributed by atoms with E-state index in [0.29, 0.717) is 11.7 Å². The SMILES string of the molecule is N#C/C(=C/NC1CCCCC1)C(=O)Nc1ccc(Br)cc1. The van der Waals surface area contributed by atoms with Gasteiger partial charge in [0.15, 0.2) is 0 Å². The fourth-order valence-electron chi connectivity index (χ4n) is 2.35. The number of hydrogen-bond donors (Lipinski definition) is 2. The minimum atomic E-state index is -0.386. The second-order valence-corrected chi connectivity index (χ2v) is 6.05. The van der Waals surface area contributed by atoms with E-state index in [1.54, 1.807) is 18.3 Å². The van der Waals surface area contributed by atoms with Crippen molar-refractivity contribution in [1.29, 1.82) is 5.26 Å². The van der Waals surface area contributed by atoms with Gasteiger partial charge in [0.05, 0.1) is 0 Å². The average molecular weight is 348 g/mol. The average Bonchev–Trinajstić information content (AvgIpc) is 2.51. The Morgan fingerprint density at radius 1 is 1.24 bits per heavy atom. The highest BCUT2D eigenvalue weighted by Crippen LogP contribution is 2.18. The molecule has 0 aliphatic heterocycles. The first-order chi connectivity index (χ1) is 10.2. The van der Waals surface area contributed by atoms with E-state index in [2.05, 4.69) is 26.6 Å². The van der Waals surface area contributed by atoms with Gasteiger partial charge in [0.25, 0.3) is 5.91 Å². The standard InChI is InChI=1S/C16H18BrN3O/c17-13-6-8-15(9-7-13)20-16(21)12(10-18)11-19-14-4-2-1-3-5-14/h6-9,11,14,19H,1-5H2,(H,20,21)/b12-11-. The number of carbonyl (C=O) groups is 1. The molecule has 0 radical (unpaired) electrons. The van der Waals surface area contributed by atoms with E-state index in [1.165, 1.54) is 19.3 Å². The number of anilines is 1. The maximum Gasteiger partial charge on any atom is 0.267 e. The number of nitrogens with one attached hydrogen (secondary N) is 2. The molecule has 0 saturated heterocycles. The maximum atomic E-state index is 12.0. The first-order valence-corrected chi connectivity index (χ1v) is 7.91. The Morgan fingerprint density at radius 3 is 2.52 bits per heavy atom. The zero-order chi connectivity index (χ0) is 15.1. The van der Waals surface area contributed by atoms with Crippen LogP contribution in [0.25, 0.3) is 0 Å². The van der Waals surface area contributed by atoms with E-state index in [9.17, 15) is 4.79 Å². The van der Waals surface area contributed by atoms with Crippen molar-refractivity contribution in [2.24, 2.45) is 0 Å². The number of nitrogens with zero attached hydrogens (tertiary/aromatic N) is 1. The van der Waals surface area contributed by atoms with Crippen molar-refractivity contribution in [3.63, 3.8) is 0 Å². The highest BCUT2D eigenvalue weighted by atomic mass is 79.9. The molecule has 5 heteroatoms. The second kappa shape index (κ2) is 7.84. The number of amides is 1. The summed E-state index contributed by atoms with van der Waals surface area (Å²) in [5.74, 6) is -0.386. The molecule has 0 spiro atoms. The summed E-state index contributed by atoms with van der Waals surface area (Å²) in [5, 5.41) is 15.0. The molecule has 0 heterocycles. The van der Waals surface area contributed by atoms with Gasteiger partial charge >= 0.3 is 0 Å². The first kappa shape index (κ1) is 15.6. The lowest BCUT2D eigenvalue weighted by Crippen LogP contribution is -2.28. The normalized spacial score (nSPS) is 16.1. The molecule has 0 aromatic heterocycles. The maximum absolute atomic E-state index is 12.0. The molecule has 0 atom stereocenters. The summed E-state index contributed by atoms with van der Waals surface area (Å²) in [6.07, 6.45) is 7.44. The number of carbonyl (C=O) groups excluding carboxylic acids is 1. The Hall–Kier alpha value is -1.80. The van der Waals surface area contributed by atoms with Crippen molar-refractivity contribution in [1.82, 2.24) is 5.32 Å². The smallest absolute Gasteiger partial charge is 0.267 e. The first-order valence-electron chi connectivity index (χ1n) is 7.12. The molecule has 110 valence electrons. The monoisotopic (exact) mass is 347 g/mol. The number of benzene rings is 1. The van der Waals surface area contributed by atoms with Crippen LogP contribution in [0.4, 0.5) is 5.69 Å². The lowest BCUT2D eigenvalue weighted by atomic mass is 9.96. The fourth-order valence-corrected chi connectivity index (χ4v) is 2.62. The highest BCUT2D eigenvalue weighted by Gasteiger charge is 2.13. The largest absolute Gasteiger partial charge is 0.387 e. The van der Waals surface area contributed by atoms with Crippen molar-refractivity contribution in [3.05, 3.63) is 40.5 Å². The van der Waals surface area contributed by atoms with Gasteiger partial charge in [-0.25, -0.2) is 0 Å². The lowest BCUT2D eigenvalue weighted by molar-refractivity contribution is -0.112. The van der Waals surface area contributed by atoms with Gasteiger partial charge in [-0.05, 0) is 37.1 Å². The van der Waals surface area contributed by atoms with Crippen LogP contribution >= 0.6 is 15.9 Å². The van der Waals surface area contributed by atoms with Crippen LogP contribution in [0, 0.1) is 11.3 Å². The minimum Gasteiger partial charge on any atom is -0.387 e. The molecule has 1 amide bonds. The Morgan fingerprint density at radius 2 is 1.90 bits per heavy atom. The molecule has 1 aromatic carbocycles. The van der Waals surface area contributed by atoms with E-state index in [-0.39, 0.29) is 11.5 Å². The Bertz CT molecular complexity index is 554. The summed E-state index contributed by atoms with van der Waals surface area (Å²) in [7, 11) is 0. The van der Waals surface area contributed by atoms with Crippen molar-refractivity contribution < 1.29 is 4.79 Å². The van der Waals surface area contributed by atoms with Crippen molar-refractivity contribution >= 4 is 27.5 Å². The van der Waals surface area contributed by atoms with E-state index >= 15 is 0 Å². The molecule has 21 heavy (non-hydrogen) atoms. The van der Waals surface area contributed by atoms with Crippen LogP contribution in [0.5, 0.6) is 0 Å². The van der Waals surface area contributed by atoms with Crippen LogP contribution in [-0.4, -0.2) is 11.9 Å². The van der Waals surface area contributed by atoms with Crippen LogP contribution in [0.1, 0.15) is 32.1 Å². The molecule has 1 fully saturated rings. The van der Waals surface area contributed by atoms with Crippen LogP contribution in [0.2, 0.25) is 0 Å². The van der Waals surface area contributed by atoms with Crippen LogP contribution in [-0.2, 0) is 4.79 Å². The van der Waals surface area contributed by atoms with Gasteiger partial charge in [-0.1, -0.05) is 35.2 Å². The molecule has 2 rings (SSSR count). The van der Waals surface area contributed by atoms with Crippen molar-refractivity contribution in [2.45, 2.75) is 38.1 Å². The van der Waals surface area contributed by atoms with Gasteiger partial charge in [-0.2, -0.15) is 5.26 Å². The van der Waals surface area contributed by atoms with Crippen molar-refractivity contribution in [2.75, 3.05) is 5.32 Å². The second-order valence-electron chi connectivity index (χ2n) is 5.13. The topological polar surface area (TPSA) is 64.9 Å². The van der Waals surface area contributed by atoms with Gasteiger partial charge in [0, 0.05) is 22.4 Å². The highest BCUT2D eigenvalue weighted by molar-refractivity contribution is 9.10. The zero-order valence-corrected chi connectivity index (χ0v) is 13.3. The number of halogens is 1. The third kappa shape index (κ3) is 4.91. The molecular weight excluding hydrogens is 330 g/mol. The number of hydrogen-bond acceptors (Lipinski definition) is 3. The van der Waals surface area contributed by atoms with Gasteiger partial charge in [-0.15, -0.1) is 0 Å². The molecule has 1 aromatic rings. The van der Waals surface area contributed by atoms with E-state index in [4.69, 9.17) is 5.26 Å². The molecule has 0 unspecified atom stereocenters. The Kier molecular flexibility index (Phi) is 5.82. The number of rotatable bonds is 4. The van der Waals surface area contributed by atoms with Crippen LogP contribution in [0.15, 0.2) is 40.5 Å². The number of nitriles is 1. The zero-order valence-electron chi connectivity index (χ0n) is 11.7. The third-order valence-corrected chi connectivity index (χ3v) is 4.06. The van der Waals surface area contributed by atoms with Crippen LogP contribution in [0.3, 0.4) is 0 Å². The minimum absolute atomic E-state index is 0.100. The van der Waals surface area contributed by atoms with Gasteiger partial charge in [0.1, 0.15) is 11.6 Å². The molecule has 1 aliphatic carbocycles. The van der Waals surface area contributed by atoms with Crippen LogP contribution < -0.4 is 10.6 Å². The summed E-state index contributed by atoms with van der Waals surface area (Å²) in [6.45, 7) is 0. The molecule has 1 saturated carbocycles. The summed E-state index contributed by atoms with van der Waals surface area (Å²) >= 11 is 3.34. The Labute approximate surface area is 133 Å². The molecule has 0 bridgehead atoms. The van der Waals surface area contributed by atoms with E-state index in [0.717, 1.165) is 17.3 Å². The fraction of sp³-hybridized carbons (Fsp3) is 0.375. The lowest BCUT2D eigenvalue weighted by Gasteiger charge is -2.21.